The fraction of sp³-hybridized carbons (Fsp3) is 0.600. The minimum Gasteiger partial charge on any atom is -0.396 e. The molecule has 14 heavy (non-hydrogen) atoms. The van der Waals surface area contributed by atoms with Gasteiger partial charge in [0.25, 0.3) is 0 Å². The van der Waals surface area contributed by atoms with Crippen molar-refractivity contribution >= 4 is 27.3 Å². The van der Waals surface area contributed by atoms with E-state index in [0.29, 0.717) is 6.04 Å². The molecule has 4 heteroatoms. The lowest BCUT2D eigenvalue weighted by molar-refractivity contribution is 0.276. The van der Waals surface area contributed by atoms with Crippen molar-refractivity contribution in [2.24, 2.45) is 0 Å². The lowest BCUT2D eigenvalue weighted by Gasteiger charge is -2.11. The lowest BCUT2D eigenvalue weighted by atomic mass is 10.2. The first kappa shape index (κ1) is 12.2. The summed E-state index contributed by atoms with van der Waals surface area (Å²) in [6, 6.07) is 2.61. The van der Waals surface area contributed by atoms with Crippen LogP contribution in [0.1, 0.15) is 25.3 Å². The first-order chi connectivity index (χ1) is 6.72. The molecule has 0 bridgehead atoms. The molecule has 0 radical (unpaired) electrons. The van der Waals surface area contributed by atoms with Gasteiger partial charge < -0.3 is 10.4 Å². The molecule has 0 spiro atoms. The smallest absolute Gasteiger partial charge is 0.0701 e. The Labute approximate surface area is 97.5 Å². The van der Waals surface area contributed by atoms with Crippen LogP contribution in [0.3, 0.4) is 0 Å². The van der Waals surface area contributed by atoms with Crippen molar-refractivity contribution < 1.29 is 5.11 Å². The zero-order chi connectivity index (χ0) is 10.4. The van der Waals surface area contributed by atoms with Crippen LogP contribution >= 0.6 is 27.3 Å². The molecule has 0 saturated carbocycles. The summed E-state index contributed by atoms with van der Waals surface area (Å²) < 4.78 is 1.18. The second-order valence-corrected chi connectivity index (χ2v) is 5.70. The van der Waals surface area contributed by atoms with Gasteiger partial charge in [-0.3, -0.25) is 0 Å². The molecule has 1 heterocycles. The molecule has 0 aromatic carbocycles. The Morgan fingerprint density at radius 1 is 1.64 bits per heavy atom. The summed E-state index contributed by atoms with van der Waals surface area (Å²) in [5, 5.41) is 14.2. The first-order valence-electron chi connectivity index (χ1n) is 4.79. The van der Waals surface area contributed by atoms with Gasteiger partial charge in [0.05, 0.1) is 3.79 Å². The molecule has 2 nitrogen and oxygen atoms in total. The molecular weight excluding hydrogens is 262 g/mol. The predicted octanol–water partition coefficient (Wildman–Crippen LogP) is 2.76. The van der Waals surface area contributed by atoms with Crippen molar-refractivity contribution in [3.05, 3.63) is 20.8 Å². The molecule has 1 atom stereocenters. The maximum absolute atomic E-state index is 8.67. The van der Waals surface area contributed by atoms with Gasteiger partial charge in [0.1, 0.15) is 0 Å². The molecule has 80 valence electrons. The Balaban J connectivity index is 2.20. The fourth-order valence-corrected chi connectivity index (χ4v) is 2.44. The van der Waals surface area contributed by atoms with E-state index in [9.17, 15) is 0 Å². The second-order valence-electron chi connectivity index (χ2n) is 3.41. The number of nitrogens with one attached hydrogen (secondary N) is 1. The average Bonchev–Trinajstić information content (AvgIpc) is 2.58. The van der Waals surface area contributed by atoms with E-state index >= 15 is 0 Å². The van der Waals surface area contributed by atoms with E-state index in [0.717, 1.165) is 19.4 Å². The third-order valence-corrected chi connectivity index (χ3v) is 3.62. The number of thiophene rings is 1. The minimum atomic E-state index is 0.288. The van der Waals surface area contributed by atoms with Gasteiger partial charge in [0, 0.05) is 19.2 Å². The molecule has 1 rings (SSSR count). The highest BCUT2D eigenvalue weighted by Crippen LogP contribution is 2.20. The number of aliphatic hydroxyl groups excluding tert-OH is 1. The molecule has 0 aliphatic carbocycles. The Bertz CT molecular complexity index is 264. The Morgan fingerprint density at radius 2 is 2.43 bits per heavy atom. The van der Waals surface area contributed by atoms with Crippen LogP contribution in [0.5, 0.6) is 0 Å². The van der Waals surface area contributed by atoms with E-state index in [1.165, 1.54) is 9.35 Å². The van der Waals surface area contributed by atoms with Gasteiger partial charge in [0.15, 0.2) is 0 Å². The van der Waals surface area contributed by atoms with Crippen LogP contribution < -0.4 is 5.32 Å². The van der Waals surface area contributed by atoms with E-state index in [-0.39, 0.29) is 6.61 Å². The van der Waals surface area contributed by atoms with Crippen LogP contribution in [0.25, 0.3) is 0 Å². The van der Waals surface area contributed by atoms with E-state index in [2.05, 4.69) is 39.6 Å². The highest BCUT2D eigenvalue weighted by atomic mass is 79.9. The third kappa shape index (κ3) is 4.55. The average molecular weight is 278 g/mol. The van der Waals surface area contributed by atoms with Crippen molar-refractivity contribution in [1.29, 1.82) is 0 Å². The van der Waals surface area contributed by atoms with Crippen molar-refractivity contribution in [2.75, 3.05) is 6.61 Å². The third-order valence-electron chi connectivity index (χ3n) is 2.07. The second kappa shape index (κ2) is 6.56. The van der Waals surface area contributed by atoms with E-state index in [4.69, 9.17) is 5.11 Å². The van der Waals surface area contributed by atoms with Crippen molar-refractivity contribution in [2.45, 2.75) is 32.4 Å². The highest BCUT2D eigenvalue weighted by Gasteiger charge is 2.02. The number of rotatable bonds is 6. The molecule has 2 N–H and O–H groups in total. The van der Waals surface area contributed by atoms with Gasteiger partial charge in [-0.2, -0.15) is 0 Å². The van der Waals surface area contributed by atoms with Crippen LogP contribution in [0.2, 0.25) is 0 Å². The number of halogens is 1. The molecule has 0 aliphatic heterocycles. The van der Waals surface area contributed by atoms with E-state index < -0.39 is 0 Å². The lowest BCUT2D eigenvalue weighted by Crippen LogP contribution is -2.25. The van der Waals surface area contributed by atoms with E-state index in [1.54, 1.807) is 11.3 Å². The molecule has 0 fully saturated rings. The number of hydrogen-bond donors (Lipinski definition) is 2. The maximum Gasteiger partial charge on any atom is 0.0701 e. The van der Waals surface area contributed by atoms with Crippen molar-refractivity contribution in [1.82, 2.24) is 5.32 Å². The monoisotopic (exact) mass is 277 g/mol. The quantitative estimate of drug-likeness (QED) is 0.838. The van der Waals surface area contributed by atoms with Crippen LogP contribution in [0, 0.1) is 0 Å². The summed E-state index contributed by atoms with van der Waals surface area (Å²) in [5.74, 6) is 0. The topological polar surface area (TPSA) is 32.3 Å². The summed E-state index contributed by atoms with van der Waals surface area (Å²) >= 11 is 5.15. The standard InChI is InChI=1S/C10H16BrNOS/c1-8(3-2-4-13)12-6-9-5-10(11)14-7-9/h5,7-8,12-13H,2-4,6H2,1H3. The summed E-state index contributed by atoms with van der Waals surface area (Å²) in [4.78, 5) is 0. The molecule has 0 amide bonds. The summed E-state index contributed by atoms with van der Waals surface area (Å²) in [7, 11) is 0. The Morgan fingerprint density at radius 3 is 3.00 bits per heavy atom. The number of aliphatic hydroxyl groups is 1. The van der Waals surface area contributed by atoms with Gasteiger partial charge in [-0.15, -0.1) is 11.3 Å². The maximum atomic E-state index is 8.67. The number of hydrogen-bond acceptors (Lipinski definition) is 3. The van der Waals surface area contributed by atoms with Gasteiger partial charge in [0.2, 0.25) is 0 Å². The molecule has 1 aromatic rings. The van der Waals surface area contributed by atoms with Gasteiger partial charge in [-0.25, -0.2) is 0 Å². The van der Waals surface area contributed by atoms with Crippen LogP contribution in [-0.2, 0) is 6.54 Å². The minimum absolute atomic E-state index is 0.288. The summed E-state index contributed by atoms with van der Waals surface area (Å²) in [5.41, 5.74) is 1.32. The predicted molar refractivity (Wildman–Crippen MR) is 64.6 cm³/mol. The van der Waals surface area contributed by atoms with Crippen molar-refractivity contribution in [3.8, 4) is 0 Å². The van der Waals surface area contributed by atoms with Gasteiger partial charge >= 0.3 is 0 Å². The molecule has 0 aliphatic rings. The SMILES string of the molecule is CC(CCCO)NCc1csc(Br)c1. The van der Waals surface area contributed by atoms with Gasteiger partial charge in [-0.05, 0) is 52.7 Å². The summed E-state index contributed by atoms with van der Waals surface area (Å²) in [6.45, 7) is 3.35. The van der Waals surface area contributed by atoms with Crippen LogP contribution in [-0.4, -0.2) is 17.8 Å². The fourth-order valence-electron chi connectivity index (χ4n) is 1.23. The Kier molecular flexibility index (Phi) is 5.70. The largest absolute Gasteiger partial charge is 0.396 e. The molecule has 1 aromatic heterocycles. The molecule has 1 unspecified atom stereocenters. The normalized spacial score (nSPS) is 13.1. The highest BCUT2D eigenvalue weighted by molar-refractivity contribution is 9.11. The van der Waals surface area contributed by atoms with Crippen LogP contribution in [0.4, 0.5) is 0 Å². The van der Waals surface area contributed by atoms with E-state index in [1.807, 2.05) is 0 Å². The molecular formula is C10H16BrNOS. The van der Waals surface area contributed by atoms with Crippen LogP contribution in [0.15, 0.2) is 15.2 Å². The van der Waals surface area contributed by atoms with Gasteiger partial charge in [-0.1, -0.05) is 0 Å². The first-order valence-corrected chi connectivity index (χ1v) is 6.47. The Hall–Kier alpha value is 0.100. The summed E-state index contributed by atoms with van der Waals surface area (Å²) in [6.07, 6.45) is 1.91. The molecule has 0 saturated heterocycles. The van der Waals surface area contributed by atoms with Crippen molar-refractivity contribution in [3.63, 3.8) is 0 Å². The zero-order valence-corrected chi connectivity index (χ0v) is 10.7. The zero-order valence-electron chi connectivity index (χ0n) is 8.29.